The van der Waals surface area contributed by atoms with Gasteiger partial charge in [0.2, 0.25) is 0 Å². The number of nitrogens with zero attached hydrogens (tertiary/aromatic N) is 2. The Bertz CT molecular complexity index is 288. The fourth-order valence-corrected chi connectivity index (χ4v) is 1.60. The molecule has 2 heterocycles. The van der Waals surface area contributed by atoms with Crippen molar-refractivity contribution in [3.05, 3.63) is 18.3 Å². The van der Waals surface area contributed by atoms with Crippen molar-refractivity contribution in [2.24, 2.45) is 0 Å². The molecule has 0 amide bonds. The van der Waals surface area contributed by atoms with Gasteiger partial charge in [0.25, 0.3) is 0 Å². The Hall–Kier alpha value is -1.03. The Morgan fingerprint density at radius 2 is 2.38 bits per heavy atom. The number of pyridine rings is 1. The van der Waals surface area contributed by atoms with Gasteiger partial charge in [-0.15, -0.1) is 0 Å². The van der Waals surface area contributed by atoms with E-state index in [1.165, 1.54) is 5.46 Å². The van der Waals surface area contributed by atoms with E-state index in [4.69, 9.17) is 0 Å². The molecule has 1 N–H and O–H groups in total. The summed E-state index contributed by atoms with van der Waals surface area (Å²) in [5.74, 6) is 0.974. The van der Waals surface area contributed by atoms with Gasteiger partial charge in [0.15, 0.2) is 0 Å². The first-order chi connectivity index (χ1) is 6.25. The third-order valence-electron chi connectivity index (χ3n) is 2.38. The van der Waals surface area contributed by atoms with E-state index in [9.17, 15) is 5.11 Å². The van der Waals surface area contributed by atoms with E-state index in [1.54, 1.807) is 0 Å². The van der Waals surface area contributed by atoms with Crippen molar-refractivity contribution in [2.45, 2.75) is 12.5 Å². The molecule has 4 heteroatoms. The van der Waals surface area contributed by atoms with Crippen molar-refractivity contribution < 1.29 is 5.11 Å². The zero-order valence-corrected chi connectivity index (χ0v) is 7.77. The van der Waals surface area contributed by atoms with Crippen LogP contribution in [0.5, 0.6) is 0 Å². The van der Waals surface area contributed by atoms with Gasteiger partial charge in [-0.1, -0.05) is 11.5 Å². The van der Waals surface area contributed by atoms with Crippen LogP contribution in [-0.2, 0) is 0 Å². The molecule has 0 aliphatic carbocycles. The molecule has 1 aliphatic rings. The van der Waals surface area contributed by atoms with Gasteiger partial charge in [0, 0.05) is 19.3 Å². The number of rotatable bonds is 1. The lowest BCUT2D eigenvalue weighted by Crippen LogP contribution is -2.22. The van der Waals surface area contributed by atoms with Crippen LogP contribution < -0.4 is 10.4 Å². The number of hydrogen-bond acceptors (Lipinski definition) is 3. The zero-order valence-electron chi connectivity index (χ0n) is 7.77. The van der Waals surface area contributed by atoms with E-state index in [2.05, 4.69) is 9.88 Å². The fraction of sp³-hybridized carbons (Fsp3) is 0.444. The Morgan fingerprint density at radius 1 is 1.54 bits per heavy atom. The highest BCUT2D eigenvalue weighted by atomic mass is 16.3. The van der Waals surface area contributed by atoms with Crippen LogP contribution in [0.1, 0.15) is 6.42 Å². The fourth-order valence-electron chi connectivity index (χ4n) is 1.60. The maximum atomic E-state index is 9.35. The second-order valence-corrected chi connectivity index (χ2v) is 3.58. The molecule has 1 aliphatic heterocycles. The number of aromatic nitrogens is 1. The van der Waals surface area contributed by atoms with E-state index in [-0.39, 0.29) is 6.10 Å². The lowest BCUT2D eigenvalue weighted by molar-refractivity contribution is 0.198. The van der Waals surface area contributed by atoms with Gasteiger partial charge in [-0.3, -0.25) is 0 Å². The summed E-state index contributed by atoms with van der Waals surface area (Å²) >= 11 is 0. The number of anilines is 1. The van der Waals surface area contributed by atoms with Crippen molar-refractivity contribution in [2.75, 3.05) is 18.0 Å². The van der Waals surface area contributed by atoms with Crippen molar-refractivity contribution in [1.82, 2.24) is 4.98 Å². The summed E-state index contributed by atoms with van der Waals surface area (Å²) in [6.45, 7) is 1.63. The molecule has 1 saturated heterocycles. The van der Waals surface area contributed by atoms with E-state index < -0.39 is 0 Å². The van der Waals surface area contributed by atoms with Crippen molar-refractivity contribution >= 4 is 19.1 Å². The molecule has 0 bridgehead atoms. The third-order valence-corrected chi connectivity index (χ3v) is 2.38. The highest BCUT2D eigenvalue weighted by Crippen LogP contribution is 2.16. The first-order valence-corrected chi connectivity index (χ1v) is 4.61. The van der Waals surface area contributed by atoms with Crippen LogP contribution >= 0.6 is 0 Å². The minimum absolute atomic E-state index is 0.178. The molecule has 1 atom stereocenters. The zero-order chi connectivity index (χ0) is 9.26. The normalized spacial score (nSPS) is 22.2. The summed E-state index contributed by atoms with van der Waals surface area (Å²) in [4.78, 5) is 6.42. The first-order valence-electron chi connectivity index (χ1n) is 4.61. The highest BCUT2D eigenvalue weighted by molar-refractivity contribution is 6.32. The molecule has 0 radical (unpaired) electrons. The first kappa shape index (κ1) is 8.57. The summed E-state index contributed by atoms with van der Waals surface area (Å²) < 4.78 is 0. The van der Waals surface area contributed by atoms with Gasteiger partial charge in [0.05, 0.1) is 6.10 Å². The van der Waals surface area contributed by atoms with Gasteiger partial charge >= 0.3 is 0 Å². The molecular weight excluding hydrogens is 163 g/mol. The maximum Gasteiger partial charge on any atom is 0.141 e. The Balaban J connectivity index is 2.13. The standard InChI is InChI=1S/C9H13BN2O/c10-7-1-2-9(11-5-7)12-4-3-8(13)6-12/h1-2,5,8,13H,3-4,6,10H2. The third kappa shape index (κ3) is 1.83. The molecule has 1 aromatic rings. The second kappa shape index (κ2) is 3.38. The van der Waals surface area contributed by atoms with Gasteiger partial charge < -0.3 is 10.0 Å². The Morgan fingerprint density at radius 3 is 2.92 bits per heavy atom. The molecule has 3 nitrogen and oxygen atoms in total. The second-order valence-electron chi connectivity index (χ2n) is 3.58. The summed E-state index contributed by atoms with van der Waals surface area (Å²) in [6, 6.07) is 4.06. The van der Waals surface area contributed by atoms with E-state index in [1.807, 2.05) is 26.2 Å². The monoisotopic (exact) mass is 176 g/mol. The average Bonchev–Trinajstić information content (AvgIpc) is 2.53. The number of aliphatic hydroxyl groups excluding tert-OH is 1. The molecule has 68 valence electrons. The van der Waals surface area contributed by atoms with Gasteiger partial charge in [-0.05, 0) is 12.5 Å². The SMILES string of the molecule is Bc1ccc(N2CCC(O)C2)nc1. The maximum absolute atomic E-state index is 9.35. The molecule has 2 rings (SSSR count). The van der Waals surface area contributed by atoms with Crippen LogP contribution in [-0.4, -0.2) is 37.1 Å². The lowest BCUT2D eigenvalue weighted by Gasteiger charge is -2.16. The smallest absolute Gasteiger partial charge is 0.141 e. The van der Waals surface area contributed by atoms with Crippen molar-refractivity contribution in [3.8, 4) is 0 Å². The van der Waals surface area contributed by atoms with Crippen molar-refractivity contribution in [1.29, 1.82) is 0 Å². The molecule has 1 fully saturated rings. The van der Waals surface area contributed by atoms with Gasteiger partial charge in [-0.25, -0.2) is 4.98 Å². The highest BCUT2D eigenvalue weighted by Gasteiger charge is 2.20. The van der Waals surface area contributed by atoms with E-state index in [0.717, 1.165) is 25.3 Å². The predicted octanol–water partition coefficient (Wildman–Crippen LogP) is -1.09. The molecule has 1 aromatic heterocycles. The summed E-state index contributed by atoms with van der Waals surface area (Å²) in [5, 5.41) is 9.35. The summed E-state index contributed by atoms with van der Waals surface area (Å²) in [5.41, 5.74) is 1.17. The number of hydrogen-bond donors (Lipinski definition) is 1. The van der Waals surface area contributed by atoms with Gasteiger partial charge in [-0.2, -0.15) is 0 Å². The van der Waals surface area contributed by atoms with Crippen LogP contribution in [0, 0.1) is 0 Å². The quantitative estimate of drug-likeness (QED) is 0.552. The molecule has 0 aromatic carbocycles. The molecule has 1 unspecified atom stereocenters. The molecule has 13 heavy (non-hydrogen) atoms. The van der Waals surface area contributed by atoms with Crippen molar-refractivity contribution in [3.63, 3.8) is 0 Å². The van der Waals surface area contributed by atoms with E-state index >= 15 is 0 Å². The average molecular weight is 176 g/mol. The summed E-state index contributed by atoms with van der Waals surface area (Å²) in [6.07, 6.45) is 2.54. The minimum atomic E-state index is -0.178. The predicted molar refractivity (Wildman–Crippen MR) is 55.3 cm³/mol. The Labute approximate surface area is 78.8 Å². The van der Waals surface area contributed by atoms with E-state index in [0.29, 0.717) is 0 Å². The van der Waals surface area contributed by atoms with Gasteiger partial charge in [0.1, 0.15) is 13.7 Å². The largest absolute Gasteiger partial charge is 0.391 e. The van der Waals surface area contributed by atoms with Crippen LogP contribution in [0.15, 0.2) is 18.3 Å². The molecular formula is C9H13BN2O. The molecule has 0 saturated carbocycles. The van der Waals surface area contributed by atoms with Crippen LogP contribution in [0.3, 0.4) is 0 Å². The topological polar surface area (TPSA) is 36.4 Å². The molecule has 0 spiro atoms. The van der Waals surface area contributed by atoms with Crippen LogP contribution in [0.25, 0.3) is 0 Å². The number of aliphatic hydroxyl groups is 1. The number of β-amino-alcohol motifs (C(OH)–C–C–N with tert-alkyl or cyclic N) is 1. The lowest BCUT2D eigenvalue weighted by atomic mass is 9.99. The Kier molecular flexibility index (Phi) is 2.23. The summed E-state index contributed by atoms with van der Waals surface area (Å²) in [7, 11) is 2.02. The van der Waals surface area contributed by atoms with Crippen LogP contribution in [0.2, 0.25) is 0 Å². The van der Waals surface area contributed by atoms with Crippen LogP contribution in [0.4, 0.5) is 5.82 Å². The minimum Gasteiger partial charge on any atom is -0.391 e.